The molecule has 0 aliphatic carbocycles. The molecule has 2 aromatic carbocycles. The number of hydrogen-bond donors (Lipinski definition) is 1. The van der Waals surface area contributed by atoms with Crippen molar-refractivity contribution in [3.63, 3.8) is 0 Å². The van der Waals surface area contributed by atoms with Crippen LogP contribution >= 0.6 is 35.7 Å². The van der Waals surface area contributed by atoms with Gasteiger partial charge in [-0.05, 0) is 48.4 Å². The maximum atomic E-state index is 11.9. The van der Waals surface area contributed by atoms with E-state index in [0.29, 0.717) is 19.5 Å². The first kappa shape index (κ1) is 25.5. The number of nitrogens with one attached hydrogen (secondary N) is 1. The van der Waals surface area contributed by atoms with Gasteiger partial charge < -0.3 is 15.1 Å². The molecule has 1 aliphatic heterocycles. The van der Waals surface area contributed by atoms with Crippen LogP contribution in [0.15, 0.2) is 58.4 Å². The second-order valence-electron chi connectivity index (χ2n) is 7.61. The zero-order valence-corrected chi connectivity index (χ0v) is 21.8. The summed E-state index contributed by atoms with van der Waals surface area (Å²) in [5.41, 5.74) is 3.59. The number of rotatable bonds is 8. The van der Waals surface area contributed by atoms with Gasteiger partial charge in [-0.2, -0.15) is 0 Å². The van der Waals surface area contributed by atoms with Crippen molar-refractivity contribution in [1.82, 2.24) is 15.1 Å². The predicted octanol–water partition coefficient (Wildman–Crippen LogP) is 4.75. The average molecular weight is 553 g/mol. The molecule has 0 unspecified atom stereocenters. The van der Waals surface area contributed by atoms with E-state index in [-0.39, 0.29) is 29.9 Å². The second-order valence-corrected chi connectivity index (χ2v) is 8.49. The van der Waals surface area contributed by atoms with E-state index in [4.69, 9.17) is 4.99 Å². The molecule has 7 heteroatoms. The summed E-state index contributed by atoms with van der Waals surface area (Å²) in [6, 6.07) is 17.1. The molecule has 0 spiro atoms. The molecule has 1 aliphatic rings. The molecule has 5 nitrogen and oxygen atoms in total. The Morgan fingerprint density at radius 1 is 1.16 bits per heavy atom. The van der Waals surface area contributed by atoms with Crippen LogP contribution in [0.5, 0.6) is 0 Å². The highest BCUT2D eigenvalue weighted by atomic mass is 127. The van der Waals surface area contributed by atoms with E-state index >= 15 is 0 Å². The maximum Gasteiger partial charge on any atom is 0.222 e. The lowest BCUT2D eigenvalue weighted by Gasteiger charge is -2.22. The van der Waals surface area contributed by atoms with Gasteiger partial charge >= 0.3 is 0 Å². The van der Waals surface area contributed by atoms with Gasteiger partial charge in [0.1, 0.15) is 0 Å². The van der Waals surface area contributed by atoms with Crippen LogP contribution in [0.3, 0.4) is 0 Å². The number of aliphatic imine (C=N–C) groups is 1. The highest BCUT2D eigenvalue weighted by Gasteiger charge is 2.19. The molecule has 0 radical (unpaired) electrons. The summed E-state index contributed by atoms with van der Waals surface area (Å²) in [6.45, 7) is 5.89. The van der Waals surface area contributed by atoms with E-state index in [2.05, 4.69) is 79.0 Å². The molecule has 2 aromatic rings. The van der Waals surface area contributed by atoms with Gasteiger partial charge in [-0.15, -0.1) is 35.7 Å². The molecule has 1 N–H and O–H groups in total. The number of thioether (sulfide) groups is 1. The summed E-state index contributed by atoms with van der Waals surface area (Å²) in [6.07, 6.45) is 3.75. The fraction of sp³-hybridized carbons (Fsp3) is 0.417. The lowest BCUT2D eigenvalue weighted by Crippen LogP contribution is -2.38. The third-order valence-corrected chi connectivity index (χ3v) is 5.97. The quantitative estimate of drug-likeness (QED) is 0.222. The SMILES string of the molecule is CCNC(=NCc1cccc(CN2CCCC2=O)c1)N(C)Cc1ccc(SC)cc1.I. The van der Waals surface area contributed by atoms with E-state index < -0.39 is 0 Å². The molecule has 0 saturated carbocycles. The average Bonchev–Trinajstić information content (AvgIpc) is 3.16. The van der Waals surface area contributed by atoms with E-state index in [1.165, 1.54) is 16.0 Å². The molecule has 1 amide bonds. The number of nitrogens with zero attached hydrogens (tertiary/aromatic N) is 3. The lowest BCUT2D eigenvalue weighted by molar-refractivity contribution is -0.128. The molecule has 0 atom stereocenters. The van der Waals surface area contributed by atoms with Gasteiger partial charge in [0.2, 0.25) is 5.91 Å². The van der Waals surface area contributed by atoms with Crippen molar-refractivity contribution in [2.45, 2.75) is 44.3 Å². The minimum absolute atomic E-state index is 0. The summed E-state index contributed by atoms with van der Waals surface area (Å²) in [5, 5.41) is 3.39. The van der Waals surface area contributed by atoms with Crippen LogP contribution in [0.2, 0.25) is 0 Å². The molecule has 168 valence electrons. The summed E-state index contributed by atoms with van der Waals surface area (Å²) in [5.74, 6) is 1.16. The number of guanidine groups is 1. The number of hydrogen-bond acceptors (Lipinski definition) is 3. The Morgan fingerprint density at radius 3 is 2.55 bits per heavy atom. The molecule has 31 heavy (non-hydrogen) atoms. The van der Waals surface area contributed by atoms with Gasteiger partial charge in [0.25, 0.3) is 0 Å². The molecule has 0 aromatic heterocycles. The predicted molar refractivity (Wildman–Crippen MR) is 141 cm³/mol. The number of carbonyl (C=O) groups is 1. The first-order valence-electron chi connectivity index (χ1n) is 10.6. The number of likely N-dealkylation sites (tertiary alicyclic amines) is 1. The van der Waals surface area contributed by atoms with Gasteiger partial charge in [0.15, 0.2) is 5.96 Å². The summed E-state index contributed by atoms with van der Waals surface area (Å²) in [7, 11) is 2.07. The highest BCUT2D eigenvalue weighted by molar-refractivity contribution is 14.0. The molecule has 3 rings (SSSR count). The number of halogens is 1. The Hall–Kier alpha value is -1.74. The first-order chi connectivity index (χ1) is 14.6. The van der Waals surface area contributed by atoms with Crippen LogP contribution in [0.25, 0.3) is 0 Å². The topological polar surface area (TPSA) is 47.9 Å². The van der Waals surface area contributed by atoms with Gasteiger partial charge in [-0.25, -0.2) is 4.99 Å². The molecule has 1 saturated heterocycles. The number of amides is 1. The maximum absolute atomic E-state index is 11.9. The van der Waals surface area contributed by atoms with Crippen molar-refractivity contribution in [3.05, 3.63) is 65.2 Å². The smallest absolute Gasteiger partial charge is 0.222 e. The fourth-order valence-corrected chi connectivity index (χ4v) is 4.04. The Bertz CT molecular complexity index is 872. The Labute approximate surface area is 207 Å². The van der Waals surface area contributed by atoms with Crippen molar-refractivity contribution in [3.8, 4) is 0 Å². The third kappa shape index (κ3) is 7.71. The van der Waals surface area contributed by atoms with Crippen LogP contribution in [0.1, 0.15) is 36.5 Å². The Kier molecular flexibility index (Phi) is 10.7. The third-order valence-electron chi connectivity index (χ3n) is 5.22. The number of benzene rings is 2. The van der Waals surface area contributed by atoms with E-state index in [0.717, 1.165) is 37.6 Å². The van der Waals surface area contributed by atoms with E-state index in [1.807, 2.05) is 4.90 Å². The highest BCUT2D eigenvalue weighted by Crippen LogP contribution is 2.17. The van der Waals surface area contributed by atoms with Gasteiger partial charge in [-0.3, -0.25) is 4.79 Å². The largest absolute Gasteiger partial charge is 0.357 e. The number of carbonyl (C=O) groups excluding carboxylic acids is 1. The van der Waals surface area contributed by atoms with E-state index in [1.54, 1.807) is 11.8 Å². The molecule has 1 heterocycles. The van der Waals surface area contributed by atoms with Crippen LogP contribution in [0.4, 0.5) is 0 Å². The summed E-state index contributed by atoms with van der Waals surface area (Å²) >= 11 is 1.76. The first-order valence-corrected chi connectivity index (χ1v) is 11.8. The Morgan fingerprint density at radius 2 is 1.90 bits per heavy atom. The van der Waals surface area contributed by atoms with Crippen LogP contribution in [-0.4, -0.2) is 48.1 Å². The lowest BCUT2D eigenvalue weighted by atomic mass is 10.1. The zero-order valence-electron chi connectivity index (χ0n) is 18.6. The molecule has 0 bridgehead atoms. The van der Waals surface area contributed by atoms with Crippen molar-refractivity contribution in [2.75, 3.05) is 26.4 Å². The Balaban J connectivity index is 0.00000341. The standard InChI is InChI=1S/C24H32N4OS.HI/c1-4-25-24(27(2)17-19-10-12-22(30-3)13-11-19)26-16-20-7-5-8-21(15-20)18-28-14-6-9-23(28)29;/h5,7-8,10-13,15H,4,6,9,14,16-18H2,1-3H3,(H,25,26);1H. The second kappa shape index (κ2) is 13.0. The minimum atomic E-state index is 0. The van der Waals surface area contributed by atoms with Crippen LogP contribution in [0, 0.1) is 0 Å². The van der Waals surface area contributed by atoms with Crippen LogP contribution in [-0.2, 0) is 24.4 Å². The normalized spacial score (nSPS) is 13.8. The van der Waals surface area contributed by atoms with Crippen molar-refractivity contribution in [1.29, 1.82) is 0 Å². The van der Waals surface area contributed by atoms with Crippen LogP contribution < -0.4 is 5.32 Å². The summed E-state index contributed by atoms with van der Waals surface area (Å²) in [4.78, 5) is 22.1. The fourth-order valence-electron chi connectivity index (χ4n) is 3.63. The monoisotopic (exact) mass is 552 g/mol. The van der Waals surface area contributed by atoms with Gasteiger partial charge in [-0.1, -0.05) is 36.4 Å². The minimum Gasteiger partial charge on any atom is -0.357 e. The zero-order chi connectivity index (χ0) is 21.3. The van der Waals surface area contributed by atoms with Gasteiger partial charge in [0, 0.05) is 44.5 Å². The summed E-state index contributed by atoms with van der Waals surface area (Å²) < 4.78 is 0. The van der Waals surface area contributed by atoms with Gasteiger partial charge in [0.05, 0.1) is 6.54 Å². The van der Waals surface area contributed by atoms with Crippen molar-refractivity contribution >= 4 is 47.6 Å². The van der Waals surface area contributed by atoms with Crippen molar-refractivity contribution < 1.29 is 4.79 Å². The van der Waals surface area contributed by atoms with Crippen molar-refractivity contribution in [2.24, 2.45) is 4.99 Å². The molecular weight excluding hydrogens is 519 g/mol. The molecular formula is C24H33IN4OS. The van der Waals surface area contributed by atoms with E-state index in [9.17, 15) is 4.79 Å². The molecule has 1 fully saturated rings.